The molecule has 0 atom stereocenters. The smallest absolute Gasteiger partial charge is 0.257 e. The summed E-state index contributed by atoms with van der Waals surface area (Å²) in [5, 5.41) is 3.55. The molecule has 94 valence electrons. The largest absolute Gasteiger partial charge is 0.315 e. The molecule has 18 heavy (non-hydrogen) atoms. The number of carbonyl (C=O) groups is 1. The molecule has 6 heteroatoms. The summed E-state index contributed by atoms with van der Waals surface area (Å²) in [7, 11) is 0. The predicted octanol–water partition coefficient (Wildman–Crippen LogP) is 2.94. The van der Waals surface area contributed by atoms with E-state index in [-0.39, 0.29) is 11.5 Å². The molecule has 2 aromatic rings. The number of amides is 1. The van der Waals surface area contributed by atoms with Crippen LogP contribution in [0.5, 0.6) is 0 Å². The van der Waals surface area contributed by atoms with Crippen LogP contribution < -0.4 is 10.9 Å². The van der Waals surface area contributed by atoms with Crippen LogP contribution in [0.4, 0.5) is 5.00 Å². The normalized spacial score (nSPS) is 10.3. The number of halogens is 1. The first kappa shape index (κ1) is 13.0. The number of hydrogen-bond acceptors (Lipinski definition) is 3. The van der Waals surface area contributed by atoms with E-state index in [1.165, 1.54) is 28.0 Å². The summed E-state index contributed by atoms with van der Waals surface area (Å²) in [6.07, 6.45) is 1.57. The quantitative estimate of drug-likeness (QED) is 0.942. The van der Waals surface area contributed by atoms with Crippen molar-refractivity contribution in [3.05, 3.63) is 50.2 Å². The van der Waals surface area contributed by atoms with Crippen LogP contribution in [-0.4, -0.2) is 10.5 Å². The molecule has 0 aliphatic carbocycles. The molecule has 0 aliphatic heterocycles. The highest BCUT2D eigenvalue weighted by Crippen LogP contribution is 2.26. The number of thiophene rings is 1. The molecule has 2 rings (SSSR count). The van der Waals surface area contributed by atoms with Crippen LogP contribution in [0.15, 0.2) is 39.0 Å². The van der Waals surface area contributed by atoms with E-state index in [0.29, 0.717) is 12.1 Å². The maximum atomic E-state index is 12.0. The Bertz CT molecular complexity index is 633. The van der Waals surface area contributed by atoms with E-state index in [9.17, 15) is 9.59 Å². The number of aromatic nitrogens is 1. The maximum Gasteiger partial charge on any atom is 0.257 e. The van der Waals surface area contributed by atoms with Gasteiger partial charge in [0.25, 0.3) is 11.5 Å². The zero-order valence-electron chi connectivity index (χ0n) is 9.64. The molecule has 0 saturated carbocycles. The summed E-state index contributed by atoms with van der Waals surface area (Å²) in [5.74, 6) is -0.216. The highest BCUT2D eigenvalue weighted by atomic mass is 79.9. The van der Waals surface area contributed by atoms with Crippen molar-refractivity contribution >= 4 is 38.2 Å². The van der Waals surface area contributed by atoms with Gasteiger partial charge in [0, 0.05) is 18.8 Å². The van der Waals surface area contributed by atoms with Gasteiger partial charge in [0.2, 0.25) is 0 Å². The lowest BCUT2D eigenvalue weighted by Crippen LogP contribution is -2.21. The van der Waals surface area contributed by atoms with E-state index in [0.717, 1.165) is 8.79 Å². The number of aryl methyl sites for hydroxylation is 1. The second-order valence-electron chi connectivity index (χ2n) is 3.60. The van der Waals surface area contributed by atoms with Crippen molar-refractivity contribution in [3.8, 4) is 0 Å². The third-order valence-electron chi connectivity index (χ3n) is 2.40. The van der Waals surface area contributed by atoms with Gasteiger partial charge in [-0.15, -0.1) is 11.3 Å². The molecule has 2 heterocycles. The average Bonchev–Trinajstić information content (AvgIpc) is 2.75. The van der Waals surface area contributed by atoms with Gasteiger partial charge in [0.15, 0.2) is 0 Å². The van der Waals surface area contributed by atoms with Crippen LogP contribution in [0.25, 0.3) is 0 Å². The SMILES string of the molecule is CCn1cc(C(=O)Nc2ccc(Br)s2)ccc1=O. The first-order valence-electron chi connectivity index (χ1n) is 5.37. The molecule has 1 N–H and O–H groups in total. The van der Waals surface area contributed by atoms with Crippen molar-refractivity contribution in [2.24, 2.45) is 0 Å². The lowest BCUT2D eigenvalue weighted by molar-refractivity contribution is 0.102. The van der Waals surface area contributed by atoms with Crippen molar-refractivity contribution in [2.45, 2.75) is 13.5 Å². The van der Waals surface area contributed by atoms with Gasteiger partial charge in [0.05, 0.1) is 14.4 Å². The van der Waals surface area contributed by atoms with Gasteiger partial charge in [-0.2, -0.15) is 0 Å². The van der Waals surface area contributed by atoms with Crippen LogP contribution >= 0.6 is 27.3 Å². The molecule has 0 fully saturated rings. The fourth-order valence-corrected chi connectivity index (χ4v) is 2.76. The van der Waals surface area contributed by atoms with Crippen molar-refractivity contribution in [2.75, 3.05) is 5.32 Å². The van der Waals surface area contributed by atoms with E-state index < -0.39 is 0 Å². The van der Waals surface area contributed by atoms with Gasteiger partial charge in [-0.05, 0) is 41.1 Å². The monoisotopic (exact) mass is 326 g/mol. The number of nitrogens with one attached hydrogen (secondary N) is 1. The zero-order chi connectivity index (χ0) is 13.1. The van der Waals surface area contributed by atoms with Gasteiger partial charge in [0.1, 0.15) is 0 Å². The minimum absolute atomic E-state index is 0.104. The standard InChI is InChI=1S/C12H11BrN2O2S/c1-2-15-7-8(3-6-11(15)16)12(17)14-10-5-4-9(13)18-10/h3-7H,2H2,1H3,(H,14,17). The molecular formula is C12H11BrN2O2S. The molecule has 2 aromatic heterocycles. The topological polar surface area (TPSA) is 51.1 Å². The Morgan fingerprint density at radius 3 is 2.78 bits per heavy atom. The summed E-state index contributed by atoms with van der Waals surface area (Å²) >= 11 is 4.77. The summed E-state index contributed by atoms with van der Waals surface area (Å²) < 4.78 is 2.45. The maximum absolute atomic E-state index is 12.0. The van der Waals surface area contributed by atoms with Gasteiger partial charge in [-0.25, -0.2) is 0 Å². The average molecular weight is 327 g/mol. The first-order chi connectivity index (χ1) is 8.60. The van der Waals surface area contributed by atoms with Crippen molar-refractivity contribution < 1.29 is 4.79 Å². The molecule has 0 unspecified atom stereocenters. The third-order valence-corrected chi connectivity index (χ3v) is 3.94. The second-order valence-corrected chi connectivity index (χ2v) is 6.06. The van der Waals surface area contributed by atoms with Crippen molar-refractivity contribution in [3.63, 3.8) is 0 Å². The van der Waals surface area contributed by atoms with E-state index in [2.05, 4.69) is 21.2 Å². The lowest BCUT2D eigenvalue weighted by atomic mass is 10.2. The Morgan fingerprint density at radius 1 is 1.39 bits per heavy atom. The number of pyridine rings is 1. The van der Waals surface area contributed by atoms with Gasteiger partial charge in [-0.3, -0.25) is 9.59 Å². The molecule has 0 radical (unpaired) electrons. The number of carbonyl (C=O) groups excluding carboxylic acids is 1. The number of hydrogen-bond donors (Lipinski definition) is 1. The Balaban J connectivity index is 2.21. The van der Waals surface area contributed by atoms with Crippen molar-refractivity contribution in [1.29, 1.82) is 0 Å². The molecule has 0 aliphatic rings. The van der Waals surface area contributed by atoms with Crippen LogP contribution in [0, 0.1) is 0 Å². The number of rotatable bonds is 3. The fraction of sp³-hybridized carbons (Fsp3) is 0.167. The van der Waals surface area contributed by atoms with Crippen LogP contribution in [0.1, 0.15) is 17.3 Å². The molecule has 0 aromatic carbocycles. The molecule has 4 nitrogen and oxygen atoms in total. The Kier molecular flexibility index (Phi) is 3.98. The zero-order valence-corrected chi connectivity index (χ0v) is 12.0. The highest BCUT2D eigenvalue weighted by Gasteiger charge is 2.08. The van der Waals surface area contributed by atoms with Crippen LogP contribution in [0.2, 0.25) is 0 Å². The summed E-state index contributed by atoms with van der Waals surface area (Å²) in [5.41, 5.74) is 0.369. The van der Waals surface area contributed by atoms with E-state index >= 15 is 0 Å². The molecule has 1 amide bonds. The van der Waals surface area contributed by atoms with Gasteiger partial charge < -0.3 is 9.88 Å². The molecule has 0 spiro atoms. The van der Waals surface area contributed by atoms with E-state index in [4.69, 9.17) is 0 Å². The Hall–Kier alpha value is -1.40. The minimum atomic E-state index is -0.216. The summed E-state index contributed by atoms with van der Waals surface area (Å²) in [4.78, 5) is 23.4. The van der Waals surface area contributed by atoms with Gasteiger partial charge >= 0.3 is 0 Å². The van der Waals surface area contributed by atoms with Gasteiger partial charge in [-0.1, -0.05) is 0 Å². The summed E-state index contributed by atoms with van der Waals surface area (Å²) in [6.45, 7) is 2.41. The minimum Gasteiger partial charge on any atom is -0.315 e. The first-order valence-corrected chi connectivity index (χ1v) is 6.98. The summed E-state index contributed by atoms with van der Waals surface area (Å²) in [6, 6.07) is 6.63. The van der Waals surface area contributed by atoms with E-state index in [1.807, 2.05) is 19.1 Å². The predicted molar refractivity (Wildman–Crippen MR) is 76.3 cm³/mol. The third kappa shape index (κ3) is 2.88. The highest BCUT2D eigenvalue weighted by molar-refractivity contribution is 9.11. The fourth-order valence-electron chi connectivity index (χ4n) is 1.48. The molecular weight excluding hydrogens is 316 g/mol. The Morgan fingerprint density at radius 2 is 2.17 bits per heavy atom. The lowest BCUT2D eigenvalue weighted by Gasteiger charge is -2.05. The van der Waals surface area contributed by atoms with Crippen LogP contribution in [0.3, 0.4) is 0 Å². The molecule has 0 bridgehead atoms. The number of anilines is 1. The molecule has 0 saturated heterocycles. The second kappa shape index (κ2) is 5.49. The number of nitrogens with zero attached hydrogens (tertiary/aromatic N) is 1. The van der Waals surface area contributed by atoms with Crippen LogP contribution in [-0.2, 0) is 6.54 Å². The van der Waals surface area contributed by atoms with E-state index in [1.54, 1.807) is 6.20 Å². The van der Waals surface area contributed by atoms with Crippen molar-refractivity contribution in [1.82, 2.24) is 4.57 Å². The Labute approximate surface area is 116 Å².